The molecule has 0 heterocycles. The van der Waals surface area contributed by atoms with Gasteiger partial charge in [-0.15, -0.1) is 0 Å². The van der Waals surface area contributed by atoms with Crippen LogP contribution in [-0.2, 0) is 0 Å². The van der Waals surface area contributed by atoms with E-state index in [1.165, 1.54) is 16.3 Å². The zero-order chi connectivity index (χ0) is 20.1. The standard InChI is InChI=1S/C27H24N2/c1-20-17-18-21-11-9-10-16-24(21)27(20)29-26(23-14-7-4-8-15-23)19-25(28-2)22-12-5-3-6-13-22/h3-19,29H,1-2H3/b26-19-,28-25?. The Labute approximate surface area is 172 Å². The van der Waals surface area contributed by atoms with E-state index in [4.69, 9.17) is 0 Å². The second-order valence-corrected chi connectivity index (χ2v) is 7.00. The summed E-state index contributed by atoms with van der Waals surface area (Å²) in [7, 11) is 1.84. The SMILES string of the molecule is CN=C(/C=C(\Nc1c(C)ccc2ccccc12)c1ccccc1)c1ccccc1. The van der Waals surface area contributed by atoms with Gasteiger partial charge in [0.05, 0.1) is 5.71 Å². The zero-order valence-corrected chi connectivity index (χ0v) is 16.8. The molecular weight excluding hydrogens is 352 g/mol. The average Bonchev–Trinajstić information content (AvgIpc) is 2.79. The molecule has 0 amide bonds. The molecule has 0 atom stereocenters. The van der Waals surface area contributed by atoms with Crippen LogP contribution in [0.5, 0.6) is 0 Å². The number of allylic oxidation sites excluding steroid dienone is 1. The fourth-order valence-electron chi connectivity index (χ4n) is 3.51. The van der Waals surface area contributed by atoms with Gasteiger partial charge in [0.25, 0.3) is 0 Å². The van der Waals surface area contributed by atoms with Crippen molar-refractivity contribution in [3.63, 3.8) is 0 Å². The van der Waals surface area contributed by atoms with E-state index in [9.17, 15) is 0 Å². The van der Waals surface area contributed by atoms with Gasteiger partial charge in [0, 0.05) is 23.8 Å². The van der Waals surface area contributed by atoms with E-state index >= 15 is 0 Å². The molecule has 4 rings (SSSR count). The predicted octanol–water partition coefficient (Wildman–Crippen LogP) is 6.72. The number of fused-ring (bicyclic) bond motifs is 1. The average molecular weight is 377 g/mol. The van der Waals surface area contributed by atoms with E-state index < -0.39 is 0 Å². The highest BCUT2D eigenvalue weighted by molar-refractivity contribution is 6.13. The quantitative estimate of drug-likeness (QED) is 0.384. The molecule has 4 aromatic carbocycles. The second-order valence-electron chi connectivity index (χ2n) is 7.00. The minimum Gasteiger partial charge on any atom is -0.354 e. The van der Waals surface area contributed by atoms with Crippen molar-refractivity contribution in [2.24, 2.45) is 4.99 Å². The lowest BCUT2D eigenvalue weighted by Gasteiger charge is -2.17. The number of hydrogen-bond donors (Lipinski definition) is 1. The molecule has 0 spiro atoms. The lowest BCUT2D eigenvalue weighted by molar-refractivity contribution is 1.42. The van der Waals surface area contributed by atoms with Gasteiger partial charge >= 0.3 is 0 Å². The van der Waals surface area contributed by atoms with Crippen LogP contribution >= 0.6 is 0 Å². The highest BCUT2D eigenvalue weighted by Gasteiger charge is 2.10. The van der Waals surface area contributed by atoms with E-state index in [2.05, 4.69) is 96.1 Å². The Balaban J connectivity index is 1.84. The minimum absolute atomic E-state index is 0.940. The van der Waals surface area contributed by atoms with Gasteiger partial charge in [-0.05, 0) is 35.1 Å². The van der Waals surface area contributed by atoms with Crippen LogP contribution in [-0.4, -0.2) is 12.8 Å². The van der Waals surface area contributed by atoms with E-state index in [1.807, 2.05) is 31.3 Å². The van der Waals surface area contributed by atoms with Crippen molar-refractivity contribution < 1.29 is 0 Å². The molecule has 0 aliphatic heterocycles. The molecule has 1 N–H and O–H groups in total. The van der Waals surface area contributed by atoms with Gasteiger partial charge in [0.2, 0.25) is 0 Å². The lowest BCUT2D eigenvalue weighted by Crippen LogP contribution is -2.06. The number of rotatable bonds is 5. The first-order chi connectivity index (χ1) is 14.3. The summed E-state index contributed by atoms with van der Waals surface area (Å²) < 4.78 is 0. The Hall–Kier alpha value is -3.65. The van der Waals surface area contributed by atoms with Crippen molar-refractivity contribution in [2.45, 2.75) is 6.92 Å². The molecule has 4 aromatic rings. The largest absolute Gasteiger partial charge is 0.354 e. The molecule has 0 aliphatic rings. The molecule has 2 nitrogen and oxygen atoms in total. The Morgan fingerprint density at radius 2 is 1.34 bits per heavy atom. The van der Waals surface area contributed by atoms with Crippen LogP contribution in [0, 0.1) is 6.92 Å². The third-order valence-electron chi connectivity index (χ3n) is 5.07. The molecule has 29 heavy (non-hydrogen) atoms. The van der Waals surface area contributed by atoms with Gasteiger partial charge in [0.15, 0.2) is 0 Å². The topological polar surface area (TPSA) is 24.4 Å². The number of nitrogens with one attached hydrogen (secondary N) is 1. The molecule has 0 bridgehead atoms. The minimum atomic E-state index is 0.940. The maximum absolute atomic E-state index is 4.55. The summed E-state index contributed by atoms with van der Waals surface area (Å²) in [5, 5.41) is 6.16. The molecule has 0 radical (unpaired) electrons. The smallest absolute Gasteiger partial charge is 0.0664 e. The van der Waals surface area contributed by atoms with Crippen LogP contribution in [0.3, 0.4) is 0 Å². The van der Waals surface area contributed by atoms with Gasteiger partial charge in [-0.2, -0.15) is 0 Å². The number of anilines is 1. The zero-order valence-electron chi connectivity index (χ0n) is 16.8. The third-order valence-corrected chi connectivity index (χ3v) is 5.07. The van der Waals surface area contributed by atoms with Crippen LogP contribution in [0.4, 0.5) is 5.69 Å². The van der Waals surface area contributed by atoms with Crippen molar-refractivity contribution in [1.29, 1.82) is 0 Å². The van der Waals surface area contributed by atoms with Gasteiger partial charge in [-0.1, -0.05) is 97.1 Å². The van der Waals surface area contributed by atoms with E-state index in [0.29, 0.717) is 0 Å². The molecule has 0 aromatic heterocycles. The summed E-state index contributed by atoms with van der Waals surface area (Å²) in [6.45, 7) is 2.14. The molecule has 0 fully saturated rings. The van der Waals surface area contributed by atoms with E-state index in [-0.39, 0.29) is 0 Å². The number of aliphatic imine (C=N–C) groups is 1. The Kier molecular flexibility index (Phi) is 5.53. The Morgan fingerprint density at radius 3 is 2.03 bits per heavy atom. The summed E-state index contributed by atoms with van der Waals surface area (Å²) in [5.41, 5.74) is 6.52. The number of nitrogens with zero attached hydrogens (tertiary/aromatic N) is 1. The summed E-state index contributed by atoms with van der Waals surface area (Å²) in [5.74, 6) is 0. The summed E-state index contributed by atoms with van der Waals surface area (Å²) in [6.07, 6.45) is 2.13. The molecular formula is C27H24N2. The van der Waals surface area contributed by atoms with Gasteiger partial charge < -0.3 is 5.32 Å². The first-order valence-electron chi connectivity index (χ1n) is 9.81. The highest BCUT2D eigenvalue weighted by atomic mass is 14.9. The van der Waals surface area contributed by atoms with Crippen LogP contribution < -0.4 is 5.32 Å². The maximum atomic E-state index is 4.55. The van der Waals surface area contributed by atoms with Crippen molar-refractivity contribution in [3.8, 4) is 0 Å². The molecule has 0 unspecified atom stereocenters. The maximum Gasteiger partial charge on any atom is 0.0664 e. The van der Waals surface area contributed by atoms with Crippen LogP contribution in [0.1, 0.15) is 16.7 Å². The third kappa shape index (κ3) is 4.12. The fraction of sp³-hybridized carbons (Fsp3) is 0.0741. The van der Waals surface area contributed by atoms with Crippen molar-refractivity contribution in [1.82, 2.24) is 0 Å². The number of benzene rings is 4. The van der Waals surface area contributed by atoms with Crippen LogP contribution in [0.25, 0.3) is 16.5 Å². The molecule has 142 valence electrons. The lowest BCUT2D eigenvalue weighted by atomic mass is 10.0. The van der Waals surface area contributed by atoms with Crippen molar-refractivity contribution in [3.05, 3.63) is 120 Å². The molecule has 0 aliphatic carbocycles. The van der Waals surface area contributed by atoms with Gasteiger partial charge in [0.1, 0.15) is 0 Å². The van der Waals surface area contributed by atoms with E-state index in [1.54, 1.807) is 0 Å². The fourth-order valence-corrected chi connectivity index (χ4v) is 3.51. The monoisotopic (exact) mass is 376 g/mol. The Morgan fingerprint density at radius 1 is 0.724 bits per heavy atom. The summed E-state index contributed by atoms with van der Waals surface area (Å²) in [6, 6.07) is 33.5. The van der Waals surface area contributed by atoms with E-state index in [0.717, 1.165) is 28.2 Å². The first kappa shape index (κ1) is 18.7. The highest BCUT2D eigenvalue weighted by Crippen LogP contribution is 2.30. The van der Waals surface area contributed by atoms with Gasteiger partial charge in [-0.3, -0.25) is 4.99 Å². The molecule has 0 saturated carbocycles. The summed E-state index contributed by atoms with van der Waals surface area (Å²) >= 11 is 0. The Bertz CT molecular complexity index is 1170. The van der Waals surface area contributed by atoms with Crippen molar-refractivity contribution in [2.75, 3.05) is 12.4 Å². The molecule has 2 heteroatoms. The van der Waals surface area contributed by atoms with Crippen molar-refractivity contribution >= 4 is 27.9 Å². The van der Waals surface area contributed by atoms with Crippen LogP contribution in [0.2, 0.25) is 0 Å². The number of hydrogen-bond acceptors (Lipinski definition) is 2. The molecule has 0 saturated heterocycles. The predicted molar refractivity (Wildman–Crippen MR) is 126 cm³/mol. The number of aryl methyl sites for hydroxylation is 1. The van der Waals surface area contributed by atoms with Crippen LogP contribution in [0.15, 0.2) is 108 Å². The summed E-state index contributed by atoms with van der Waals surface area (Å²) in [4.78, 5) is 4.55. The second kappa shape index (κ2) is 8.57. The van der Waals surface area contributed by atoms with Gasteiger partial charge in [-0.25, -0.2) is 0 Å². The first-order valence-corrected chi connectivity index (χ1v) is 9.81. The normalized spacial score (nSPS) is 12.2.